The van der Waals surface area contributed by atoms with Gasteiger partial charge in [-0.05, 0) is 12.8 Å². The Labute approximate surface area is 84.0 Å². The van der Waals surface area contributed by atoms with Gasteiger partial charge in [-0.25, -0.2) is 4.79 Å². The largest absolute Gasteiger partial charge is 0.490 e. The summed E-state index contributed by atoms with van der Waals surface area (Å²) in [6, 6.07) is 0. The van der Waals surface area contributed by atoms with Gasteiger partial charge < -0.3 is 9.84 Å². The van der Waals surface area contributed by atoms with Gasteiger partial charge in [-0.2, -0.15) is 13.2 Å². The average molecular weight is 228 g/mol. The third-order valence-electron chi connectivity index (χ3n) is 1.88. The first-order valence-electron chi connectivity index (χ1n) is 4.17. The summed E-state index contributed by atoms with van der Waals surface area (Å²) in [5.74, 6) is -2.55. The molecule has 1 aliphatic rings. The Balaban J connectivity index is 0.000000265. The zero-order valence-corrected chi connectivity index (χ0v) is 8.00. The molecular weight excluding hydrogens is 217 g/mol. The number of carbonyl (C=O) groups excluding carboxylic acids is 1. The zero-order valence-electron chi connectivity index (χ0n) is 8.00. The molecule has 7 heteroatoms. The second-order valence-electron chi connectivity index (χ2n) is 2.95. The molecule has 0 radical (unpaired) electrons. The number of ether oxygens (including phenoxy) is 1. The van der Waals surface area contributed by atoms with Gasteiger partial charge in [0.2, 0.25) is 0 Å². The lowest BCUT2D eigenvalue weighted by molar-refractivity contribution is -0.192. The molecule has 1 rings (SSSR count). The molecule has 1 saturated carbocycles. The predicted molar refractivity (Wildman–Crippen MR) is 43.0 cm³/mol. The Morgan fingerprint density at radius 1 is 1.33 bits per heavy atom. The van der Waals surface area contributed by atoms with Crippen LogP contribution in [0.1, 0.15) is 19.3 Å². The van der Waals surface area contributed by atoms with Crippen molar-refractivity contribution in [2.24, 2.45) is 5.92 Å². The highest BCUT2D eigenvalue weighted by molar-refractivity contribution is 5.73. The van der Waals surface area contributed by atoms with Gasteiger partial charge in [0, 0.05) is 0 Å². The van der Waals surface area contributed by atoms with Crippen LogP contribution < -0.4 is 0 Å². The van der Waals surface area contributed by atoms with Crippen molar-refractivity contribution >= 4 is 11.9 Å². The summed E-state index contributed by atoms with van der Waals surface area (Å²) in [6.07, 6.45) is -1.82. The van der Waals surface area contributed by atoms with E-state index in [9.17, 15) is 18.0 Å². The number of rotatable bonds is 1. The molecule has 0 aromatic rings. The summed E-state index contributed by atoms with van der Waals surface area (Å²) in [5.41, 5.74) is 0. The maximum Gasteiger partial charge on any atom is 0.490 e. The van der Waals surface area contributed by atoms with E-state index < -0.39 is 12.1 Å². The number of carboxylic acids is 1. The molecule has 1 N–H and O–H groups in total. The standard InChI is InChI=1S/C6H10O2.C2HF3O2/c1-8-6(7)5-3-2-4-5;3-2(4,5)1(6)7/h5H,2-4H2,1H3;(H,6,7). The van der Waals surface area contributed by atoms with Gasteiger partial charge in [-0.15, -0.1) is 0 Å². The molecule has 88 valence electrons. The van der Waals surface area contributed by atoms with E-state index in [1.54, 1.807) is 0 Å². The van der Waals surface area contributed by atoms with E-state index in [0.29, 0.717) is 0 Å². The second kappa shape index (κ2) is 5.57. The number of alkyl halides is 3. The van der Waals surface area contributed by atoms with E-state index in [1.165, 1.54) is 13.5 Å². The fourth-order valence-electron chi connectivity index (χ4n) is 0.811. The Morgan fingerprint density at radius 2 is 1.73 bits per heavy atom. The molecule has 0 atom stereocenters. The number of hydrogen-bond acceptors (Lipinski definition) is 3. The molecule has 0 unspecified atom stereocenters. The number of aliphatic carboxylic acids is 1. The van der Waals surface area contributed by atoms with Gasteiger partial charge in [0.1, 0.15) is 0 Å². The normalized spacial score (nSPS) is 15.7. The van der Waals surface area contributed by atoms with Crippen LogP contribution in [0, 0.1) is 5.92 Å². The SMILES string of the molecule is COC(=O)C1CCC1.O=C(O)C(F)(F)F. The Kier molecular flexibility index (Phi) is 5.10. The minimum Gasteiger partial charge on any atom is -0.475 e. The molecule has 0 saturated heterocycles. The average Bonchev–Trinajstić information content (AvgIpc) is 2.00. The van der Waals surface area contributed by atoms with Crippen molar-refractivity contribution in [2.75, 3.05) is 7.11 Å². The molecule has 1 aliphatic carbocycles. The molecule has 0 aromatic heterocycles. The highest BCUT2D eigenvalue weighted by atomic mass is 19.4. The molecule has 4 nitrogen and oxygen atoms in total. The third-order valence-corrected chi connectivity index (χ3v) is 1.88. The second-order valence-corrected chi connectivity index (χ2v) is 2.95. The van der Waals surface area contributed by atoms with E-state index in [1.807, 2.05) is 0 Å². The highest BCUT2D eigenvalue weighted by Crippen LogP contribution is 2.26. The van der Waals surface area contributed by atoms with Crippen LogP contribution >= 0.6 is 0 Å². The molecule has 15 heavy (non-hydrogen) atoms. The van der Waals surface area contributed by atoms with E-state index in [4.69, 9.17) is 9.90 Å². The van der Waals surface area contributed by atoms with Crippen molar-refractivity contribution < 1.29 is 32.6 Å². The Bertz CT molecular complexity index is 233. The zero-order chi connectivity index (χ0) is 12.1. The number of halogens is 3. The minimum absolute atomic E-state index is 0.0312. The molecule has 0 heterocycles. The van der Waals surface area contributed by atoms with E-state index >= 15 is 0 Å². The smallest absolute Gasteiger partial charge is 0.475 e. The van der Waals surface area contributed by atoms with Gasteiger partial charge in [0.05, 0.1) is 13.0 Å². The number of carboxylic acid groups (broad SMARTS) is 1. The fraction of sp³-hybridized carbons (Fsp3) is 0.750. The maximum absolute atomic E-state index is 10.6. The monoisotopic (exact) mass is 228 g/mol. The van der Waals surface area contributed by atoms with Crippen LogP contribution in [0.3, 0.4) is 0 Å². The van der Waals surface area contributed by atoms with Crippen LogP contribution in [0.25, 0.3) is 0 Å². The van der Waals surface area contributed by atoms with Crippen LogP contribution in [0.4, 0.5) is 13.2 Å². The molecule has 0 amide bonds. The Hall–Kier alpha value is -1.27. The van der Waals surface area contributed by atoms with Crippen molar-refractivity contribution in [3.8, 4) is 0 Å². The molecule has 0 aromatic carbocycles. The van der Waals surface area contributed by atoms with Gasteiger partial charge >= 0.3 is 18.1 Å². The molecule has 0 aliphatic heterocycles. The fourth-order valence-corrected chi connectivity index (χ4v) is 0.811. The van der Waals surface area contributed by atoms with Gasteiger partial charge in [-0.1, -0.05) is 6.42 Å². The van der Waals surface area contributed by atoms with Gasteiger partial charge in [0.15, 0.2) is 0 Å². The molecule has 0 spiro atoms. The van der Waals surface area contributed by atoms with Gasteiger partial charge in [0.25, 0.3) is 0 Å². The molecular formula is C8H11F3O4. The summed E-state index contributed by atoms with van der Waals surface area (Å²) in [5, 5.41) is 7.12. The summed E-state index contributed by atoms with van der Waals surface area (Å²) in [6.45, 7) is 0. The van der Waals surface area contributed by atoms with Crippen LogP contribution in [0.15, 0.2) is 0 Å². The van der Waals surface area contributed by atoms with Crippen molar-refractivity contribution in [1.29, 1.82) is 0 Å². The number of hydrogen-bond donors (Lipinski definition) is 1. The minimum atomic E-state index is -5.08. The van der Waals surface area contributed by atoms with E-state index in [-0.39, 0.29) is 11.9 Å². The first-order chi connectivity index (χ1) is 6.79. The lowest BCUT2D eigenvalue weighted by atomic mass is 9.86. The maximum atomic E-state index is 10.6. The summed E-state index contributed by atoms with van der Waals surface area (Å²) >= 11 is 0. The predicted octanol–water partition coefficient (Wildman–Crippen LogP) is 1.59. The quantitative estimate of drug-likeness (QED) is 0.692. The van der Waals surface area contributed by atoms with Crippen LogP contribution in [0.5, 0.6) is 0 Å². The van der Waals surface area contributed by atoms with Crippen LogP contribution in [0.2, 0.25) is 0 Å². The Morgan fingerprint density at radius 3 is 1.80 bits per heavy atom. The summed E-state index contributed by atoms with van der Waals surface area (Å²) < 4.78 is 36.3. The van der Waals surface area contributed by atoms with Crippen molar-refractivity contribution in [1.82, 2.24) is 0 Å². The first-order valence-corrected chi connectivity index (χ1v) is 4.17. The van der Waals surface area contributed by atoms with Crippen LogP contribution in [-0.2, 0) is 14.3 Å². The van der Waals surface area contributed by atoms with Crippen molar-refractivity contribution in [2.45, 2.75) is 25.4 Å². The number of esters is 1. The highest BCUT2D eigenvalue weighted by Gasteiger charge is 2.38. The molecule has 0 bridgehead atoms. The van der Waals surface area contributed by atoms with Crippen LogP contribution in [-0.4, -0.2) is 30.3 Å². The van der Waals surface area contributed by atoms with E-state index in [0.717, 1.165) is 12.8 Å². The first kappa shape index (κ1) is 13.7. The number of methoxy groups -OCH3 is 1. The lowest BCUT2D eigenvalue weighted by Crippen LogP contribution is -2.22. The molecule has 1 fully saturated rings. The number of carbonyl (C=O) groups is 2. The van der Waals surface area contributed by atoms with Crippen molar-refractivity contribution in [3.05, 3.63) is 0 Å². The summed E-state index contributed by atoms with van der Waals surface area (Å²) in [4.78, 5) is 19.5. The van der Waals surface area contributed by atoms with Gasteiger partial charge in [-0.3, -0.25) is 4.79 Å². The van der Waals surface area contributed by atoms with Crippen molar-refractivity contribution in [3.63, 3.8) is 0 Å². The lowest BCUT2D eigenvalue weighted by Gasteiger charge is -2.21. The third kappa shape index (κ3) is 5.24. The van der Waals surface area contributed by atoms with E-state index in [2.05, 4.69) is 4.74 Å². The topological polar surface area (TPSA) is 63.6 Å². The summed E-state index contributed by atoms with van der Waals surface area (Å²) in [7, 11) is 1.45.